The van der Waals surface area contributed by atoms with Gasteiger partial charge in [0, 0.05) is 25.7 Å². The molecule has 0 saturated carbocycles. The first-order valence-electron chi connectivity index (χ1n) is 9.59. The van der Waals surface area contributed by atoms with Crippen LogP contribution in [0.25, 0.3) is 6.08 Å². The average molecular weight is 457 g/mol. The van der Waals surface area contributed by atoms with Crippen molar-refractivity contribution < 1.29 is 19.7 Å². The number of hydrogen-bond donors (Lipinski definition) is 2. The third-order valence-corrected chi connectivity index (χ3v) is 6.14. The fraction of sp³-hybridized carbons (Fsp3) is 0.217. The molecule has 1 unspecified atom stereocenters. The predicted octanol–water partition coefficient (Wildman–Crippen LogP) is 5.31. The lowest BCUT2D eigenvalue weighted by Crippen LogP contribution is -2.08. The van der Waals surface area contributed by atoms with Crippen molar-refractivity contribution in [2.24, 2.45) is 0 Å². The second-order valence-corrected chi connectivity index (χ2v) is 8.89. The minimum Gasteiger partial charge on any atom is -0.494 e. The highest BCUT2D eigenvalue weighted by atomic mass is 32.1. The van der Waals surface area contributed by atoms with E-state index in [-0.39, 0.29) is 18.3 Å². The maximum Gasteiger partial charge on any atom is 0.323 e. The summed E-state index contributed by atoms with van der Waals surface area (Å²) in [6, 6.07) is 8.23. The van der Waals surface area contributed by atoms with E-state index in [1.165, 1.54) is 15.9 Å². The molecule has 0 aliphatic carbocycles. The summed E-state index contributed by atoms with van der Waals surface area (Å²) in [4.78, 5) is 13.7. The van der Waals surface area contributed by atoms with Gasteiger partial charge in [0.25, 0.3) is 0 Å². The molecule has 1 aromatic carbocycles. The zero-order valence-electron chi connectivity index (χ0n) is 17.5. The number of carboxylic acid groups (broad SMARTS) is 1. The number of aromatic nitrogens is 1. The third-order valence-electron chi connectivity index (χ3n) is 4.60. The van der Waals surface area contributed by atoms with Crippen LogP contribution in [0.1, 0.15) is 23.3 Å². The number of rotatable bonds is 7. The second-order valence-electron chi connectivity index (χ2n) is 7.21. The van der Waals surface area contributed by atoms with Crippen LogP contribution in [0.5, 0.6) is 5.88 Å². The van der Waals surface area contributed by atoms with Gasteiger partial charge in [-0.1, -0.05) is 30.4 Å². The first-order chi connectivity index (χ1) is 14.7. The molecule has 2 aromatic rings. The Hall–Kier alpha value is -3.10. The number of aromatic hydroxyl groups is 1. The van der Waals surface area contributed by atoms with Crippen molar-refractivity contribution in [1.82, 2.24) is 4.57 Å². The van der Waals surface area contributed by atoms with E-state index in [2.05, 4.69) is 29.2 Å². The van der Waals surface area contributed by atoms with Gasteiger partial charge in [-0.05, 0) is 55.1 Å². The highest BCUT2D eigenvalue weighted by Gasteiger charge is 2.22. The quantitative estimate of drug-likeness (QED) is 0.435. The van der Waals surface area contributed by atoms with Gasteiger partial charge in [0.05, 0.1) is 10.6 Å². The van der Waals surface area contributed by atoms with Gasteiger partial charge in [0.15, 0.2) is 3.95 Å². The van der Waals surface area contributed by atoms with Crippen LogP contribution in [0.15, 0.2) is 66.2 Å². The molecule has 2 N–H and O–H groups in total. The molecule has 0 bridgehead atoms. The molecule has 1 atom stereocenters. The minimum atomic E-state index is -1.06. The normalized spacial score (nSPS) is 16.3. The minimum absolute atomic E-state index is 0.117. The first kappa shape index (κ1) is 22.6. The van der Waals surface area contributed by atoms with E-state index >= 15 is 0 Å². The summed E-state index contributed by atoms with van der Waals surface area (Å²) in [6.07, 6.45) is 11.4. The standard InChI is InChI=1S/C23H24N2O4S2/c1-15-12-17(21-22(28)25(14-20(26)27)23(30)31-21)13-19(29-15)7-5-4-6-16-8-10-18(11-9-16)24(2)3/h4-13,17,28H,14H2,1-3H3,(H,26,27). The zero-order chi connectivity index (χ0) is 22.5. The monoisotopic (exact) mass is 456 g/mol. The lowest BCUT2D eigenvalue weighted by molar-refractivity contribution is -0.137. The van der Waals surface area contributed by atoms with Crippen LogP contribution in [-0.4, -0.2) is 34.8 Å². The summed E-state index contributed by atoms with van der Waals surface area (Å²) >= 11 is 6.42. The van der Waals surface area contributed by atoms with Gasteiger partial charge in [-0.3, -0.25) is 9.36 Å². The Balaban J connectivity index is 1.75. The van der Waals surface area contributed by atoms with Crippen LogP contribution < -0.4 is 4.90 Å². The molecule has 8 heteroatoms. The Labute approximate surface area is 190 Å². The Kier molecular flexibility index (Phi) is 7.14. The second kappa shape index (κ2) is 9.80. The molecule has 2 heterocycles. The number of anilines is 1. The Morgan fingerprint density at radius 2 is 1.90 bits per heavy atom. The summed E-state index contributed by atoms with van der Waals surface area (Å²) in [5, 5.41) is 19.5. The highest BCUT2D eigenvalue weighted by Crippen LogP contribution is 2.38. The first-order valence-corrected chi connectivity index (χ1v) is 10.8. The maximum absolute atomic E-state index is 11.0. The van der Waals surface area contributed by atoms with E-state index in [9.17, 15) is 9.90 Å². The molecule has 162 valence electrons. The smallest absolute Gasteiger partial charge is 0.323 e. The molecular formula is C23H24N2O4S2. The molecule has 6 nitrogen and oxygen atoms in total. The molecule has 1 aliphatic heterocycles. The van der Waals surface area contributed by atoms with Crippen molar-refractivity contribution >= 4 is 41.3 Å². The number of aliphatic carboxylic acids is 1. The summed E-state index contributed by atoms with van der Waals surface area (Å²) in [5.41, 5.74) is 2.23. The summed E-state index contributed by atoms with van der Waals surface area (Å²) in [5.74, 6) is -0.0940. The molecule has 0 amide bonds. The SMILES string of the molecule is CC1=CC(c2sc(=S)n(CC(=O)O)c2O)C=C(C=CC=Cc2ccc(N(C)C)cc2)O1. The summed E-state index contributed by atoms with van der Waals surface area (Å²) in [7, 11) is 4.01. The Bertz CT molecular complexity index is 1140. The van der Waals surface area contributed by atoms with Crippen LogP contribution in [0.4, 0.5) is 5.69 Å². The number of allylic oxidation sites excluding steroid dienone is 6. The van der Waals surface area contributed by atoms with Gasteiger partial charge in [-0.2, -0.15) is 0 Å². The largest absolute Gasteiger partial charge is 0.494 e. The van der Waals surface area contributed by atoms with Crippen molar-refractivity contribution in [2.45, 2.75) is 19.4 Å². The van der Waals surface area contributed by atoms with E-state index in [4.69, 9.17) is 22.1 Å². The van der Waals surface area contributed by atoms with Crippen LogP contribution in [0, 0.1) is 3.95 Å². The number of ether oxygens (including phenoxy) is 1. The van der Waals surface area contributed by atoms with Crippen molar-refractivity contribution in [3.05, 3.63) is 80.6 Å². The molecule has 1 aliphatic rings. The zero-order valence-corrected chi connectivity index (χ0v) is 19.1. The van der Waals surface area contributed by atoms with Crippen molar-refractivity contribution in [2.75, 3.05) is 19.0 Å². The molecule has 0 fully saturated rings. The molecule has 0 radical (unpaired) electrons. The van der Waals surface area contributed by atoms with Gasteiger partial charge in [0.1, 0.15) is 12.3 Å². The van der Waals surface area contributed by atoms with E-state index in [0.717, 1.165) is 11.3 Å². The van der Waals surface area contributed by atoms with Gasteiger partial charge >= 0.3 is 5.97 Å². The number of nitrogens with zero attached hydrogens (tertiary/aromatic N) is 2. The van der Waals surface area contributed by atoms with Crippen LogP contribution in [-0.2, 0) is 16.1 Å². The lowest BCUT2D eigenvalue weighted by Gasteiger charge is -2.17. The Morgan fingerprint density at radius 3 is 2.55 bits per heavy atom. The number of hydrogen-bond acceptors (Lipinski definition) is 6. The van der Waals surface area contributed by atoms with Gasteiger partial charge < -0.3 is 19.8 Å². The van der Waals surface area contributed by atoms with E-state index < -0.39 is 5.97 Å². The number of carboxylic acids is 1. The molecule has 1 aromatic heterocycles. The fourth-order valence-corrected chi connectivity index (χ4v) is 4.42. The molecule has 31 heavy (non-hydrogen) atoms. The van der Waals surface area contributed by atoms with E-state index in [1.807, 2.05) is 57.5 Å². The van der Waals surface area contributed by atoms with E-state index in [0.29, 0.717) is 20.3 Å². The number of carbonyl (C=O) groups is 1. The molecular weight excluding hydrogens is 432 g/mol. The van der Waals surface area contributed by atoms with Crippen molar-refractivity contribution in [3.63, 3.8) is 0 Å². The Morgan fingerprint density at radius 1 is 1.23 bits per heavy atom. The predicted molar refractivity (Wildman–Crippen MR) is 127 cm³/mol. The topological polar surface area (TPSA) is 74.9 Å². The van der Waals surface area contributed by atoms with Crippen LogP contribution in [0.2, 0.25) is 0 Å². The molecule has 0 saturated heterocycles. The van der Waals surface area contributed by atoms with Crippen LogP contribution >= 0.6 is 23.6 Å². The van der Waals surface area contributed by atoms with Crippen molar-refractivity contribution in [3.8, 4) is 5.88 Å². The van der Waals surface area contributed by atoms with Gasteiger partial charge in [-0.25, -0.2) is 0 Å². The van der Waals surface area contributed by atoms with Crippen LogP contribution in [0.3, 0.4) is 0 Å². The van der Waals surface area contributed by atoms with E-state index in [1.54, 1.807) is 0 Å². The average Bonchev–Trinajstić information content (AvgIpc) is 2.99. The third kappa shape index (κ3) is 5.74. The fourth-order valence-electron chi connectivity index (χ4n) is 3.08. The summed E-state index contributed by atoms with van der Waals surface area (Å²) < 4.78 is 7.31. The number of benzene rings is 1. The molecule has 0 spiro atoms. The number of thiazole rings is 1. The summed E-state index contributed by atoms with van der Waals surface area (Å²) in [6.45, 7) is 1.46. The maximum atomic E-state index is 11.0. The van der Waals surface area contributed by atoms with Gasteiger partial charge in [-0.15, -0.1) is 11.3 Å². The van der Waals surface area contributed by atoms with Gasteiger partial charge in [0.2, 0.25) is 5.88 Å². The molecule has 3 rings (SSSR count). The van der Waals surface area contributed by atoms with Crippen molar-refractivity contribution in [1.29, 1.82) is 0 Å². The highest BCUT2D eigenvalue weighted by molar-refractivity contribution is 7.73. The lowest BCUT2D eigenvalue weighted by atomic mass is 10.0.